The fourth-order valence-corrected chi connectivity index (χ4v) is 3.08. The van der Waals surface area contributed by atoms with Gasteiger partial charge in [-0.05, 0) is 18.4 Å². The smallest absolute Gasteiger partial charge is 0.191 e. The Morgan fingerprint density at radius 2 is 2.04 bits per heavy atom. The molecular weight excluding hydrogens is 288 g/mol. The first-order chi connectivity index (χ1) is 11.2. The van der Waals surface area contributed by atoms with E-state index in [0.717, 1.165) is 18.3 Å². The minimum absolute atomic E-state index is 0.240. The molecule has 2 aromatic rings. The van der Waals surface area contributed by atoms with Crippen LogP contribution in [-0.2, 0) is 19.0 Å². The summed E-state index contributed by atoms with van der Waals surface area (Å²) >= 11 is 0. The molecule has 0 saturated heterocycles. The number of aromatic nitrogens is 3. The van der Waals surface area contributed by atoms with Gasteiger partial charge in [-0.1, -0.05) is 36.8 Å². The van der Waals surface area contributed by atoms with Crippen molar-refractivity contribution in [3.05, 3.63) is 48.0 Å². The van der Waals surface area contributed by atoms with E-state index in [1.807, 2.05) is 7.05 Å². The van der Waals surface area contributed by atoms with Crippen LogP contribution < -0.4 is 10.6 Å². The second-order valence-electron chi connectivity index (χ2n) is 6.08. The summed E-state index contributed by atoms with van der Waals surface area (Å²) in [6.45, 7) is 1.50. The Balaban J connectivity index is 1.58. The van der Waals surface area contributed by atoms with Gasteiger partial charge in [0.2, 0.25) is 0 Å². The summed E-state index contributed by atoms with van der Waals surface area (Å²) in [4.78, 5) is 8.52. The molecule has 1 heterocycles. The lowest BCUT2D eigenvalue weighted by molar-refractivity contribution is 0.244. The quantitative estimate of drug-likeness (QED) is 0.650. The van der Waals surface area contributed by atoms with E-state index in [-0.39, 0.29) is 5.41 Å². The molecule has 6 heteroatoms. The zero-order valence-corrected chi connectivity index (χ0v) is 13.8. The van der Waals surface area contributed by atoms with Crippen molar-refractivity contribution >= 4 is 5.96 Å². The molecule has 1 aliphatic carbocycles. The number of nitrogens with zero attached hydrogens (tertiary/aromatic N) is 4. The number of aryl methyl sites for hydroxylation is 1. The number of rotatable bonds is 5. The highest BCUT2D eigenvalue weighted by molar-refractivity contribution is 5.79. The van der Waals surface area contributed by atoms with Crippen LogP contribution in [0.5, 0.6) is 0 Å². The fraction of sp³-hybridized carbons (Fsp3) is 0.471. The van der Waals surface area contributed by atoms with Gasteiger partial charge in [-0.3, -0.25) is 9.67 Å². The average molecular weight is 312 g/mol. The van der Waals surface area contributed by atoms with Crippen molar-refractivity contribution in [3.8, 4) is 0 Å². The van der Waals surface area contributed by atoms with E-state index in [9.17, 15) is 0 Å². The van der Waals surface area contributed by atoms with E-state index in [4.69, 9.17) is 0 Å². The number of nitrogens with one attached hydrogen (secondary N) is 2. The van der Waals surface area contributed by atoms with Crippen molar-refractivity contribution in [1.29, 1.82) is 0 Å². The first-order valence-corrected chi connectivity index (χ1v) is 8.06. The standard InChI is InChI=1S/C17H24N6/c1-18-16(19-11-15-21-13-22-23(15)2)20-12-17(9-6-10-17)14-7-4-3-5-8-14/h3-5,7-8,13H,6,9-12H2,1-2H3,(H2,18,19,20). The second-order valence-corrected chi connectivity index (χ2v) is 6.08. The van der Waals surface area contributed by atoms with Crippen molar-refractivity contribution < 1.29 is 0 Å². The van der Waals surface area contributed by atoms with Crippen LogP contribution in [0.4, 0.5) is 0 Å². The van der Waals surface area contributed by atoms with Gasteiger partial charge in [0, 0.05) is 26.1 Å². The SMILES string of the molecule is CN=C(NCc1ncnn1C)NCC1(c2ccccc2)CCC1. The summed E-state index contributed by atoms with van der Waals surface area (Å²) in [5.74, 6) is 1.68. The molecule has 122 valence electrons. The number of benzene rings is 1. The molecule has 0 spiro atoms. The van der Waals surface area contributed by atoms with Crippen LogP contribution in [0.25, 0.3) is 0 Å². The minimum Gasteiger partial charge on any atom is -0.356 e. The molecule has 1 fully saturated rings. The van der Waals surface area contributed by atoms with Crippen molar-refractivity contribution in [2.45, 2.75) is 31.2 Å². The van der Waals surface area contributed by atoms with Crippen LogP contribution in [0.3, 0.4) is 0 Å². The summed E-state index contributed by atoms with van der Waals surface area (Å²) in [6.07, 6.45) is 5.31. The maximum atomic E-state index is 4.31. The van der Waals surface area contributed by atoms with Crippen molar-refractivity contribution in [1.82, 2.24) is 25.4 Å². The first-order valence-electron chi connectivity index (χ1n) is 8.06. The van der Waals surface area contributed by atoms with Crippen LogP contribution >= 0.6 is 0 Å². The third kappa shape index (κ3) is 3.36. The Labute approximate surface area is 137 Å². The Bertz CT molecular complexity index is 657. The Hall–Kier alpha value is -2.37. The van der Waals surface area contributed by atoms with Crippen LogP contribution in [0.1, 0.15) is 30.7 Å². The van der Waals surface area contributed by atoms with E-state index in [0.29, 0.717) is 6.54 Å². The molecule has 0 unspecified atom stereocenters. The van der Waals surface area contributed by atoms with Crippen LogP contribution in [0.15, 0.2) is 41.7 Å². The van der Waals surface area contributed by atoms with Gasteiger partial charge in [-0.25, -0.2) is 4.98 Å². The molecule has 0 bridgehead atoms. The highest BCUT2D eigenvalue weighted by Crippen LogP contribution is 2.43. The molecule has 3 rings (SSSR count). The highest BCUT2D eigenvalue weighted by Gasteiger charge is 2.38. The average Bonchev–Trinajstić information content (AvgIpc) is 2.95. The van der Waals surface area contributed by atoms with Gasteiger partial charge in [0.15, 0.2) is 5.96 Å². The predicted molar refractivity (Wildman–Crippen MR) is 91.2 cm³/mol. The largest absolute Gasteiger partial charge is 0.356 e. The molecule has 0 atom stereocenters. The van der Waals surface area contributed by atoms with E-state index in [1.54, 1.807) is 18.1 Å². The van der Waals surface area contributed by atoms with E-state index in [1.165, 1.54) is 24.8 Å². The van der Waals surface area contributed by atoms with Crippen molar-refractivity contribution in [2.24, 2.45) is 12.0 Å². The van der Waals surface area contributed by atoms with Gasteiger partial charge >= 0.3 is 0 Å². The van der Waals surface area contributed by atoms with E-state index < -0.39 is 0 Å². The van der Waals surface area contributed by atoms with E-state index >= 15 is 0 Å². The molecule has 1 saturated carbocycles. The van der Waals surface area contributed by atoms with Gasteiger partial charge in [0.25, 0.3) is 0 Å². The second kappa shape index (κ2) is 6.81. The van der Waals surface area contributed by atoms with Crippen LogP contribution in [-0.4, -0.2) is 34.3 Å². The highest BCUT2D eigenvalue weighted by atomic mass is 15.3. The van der Waals surface area contributed by atoms with Gasteiger partial charge in [-0.2, -0.15) is 5.10 Å². The molecular formula is C17H24N6. The molecule has 1 aromatic carbocycles. The third-order valence-electron chi connectivity index (χ3n) is 4.73. The number of guanidine groups is 1. The van der Waals surface area contributed by atoms with Crippen LogP contribution in [0.2, 0.25) is 0 Å². The maximum absolute atomic E-state index is 4.31. The molecule has 0 aliphatic heterocycles. The Morgan fingerprint density at radius 3 is 2.61 bits per heavy atom. The Morgan fingerprint density at radius 1 is 1.26 bits per heavy atom. The molecule has 23 heavy (non-hydrogen) atoms. The third-order valence-corrected chi connectivity index (χ3v) is 4.73. The van der Waals surface area contributed by atoms with Crippen molar-refractivity contribution in [3.63, 3.8) is 0 Å². The molecule has 1 aromatic heterocycles. The lowest BCUT2D eigenvalue weighted by Gasteiger charge is -2.43. The normalized spacial score (nSPS) is 16.7. The van der Waals surface area contributed by atoms with Crippen molar-refractivity contribution in [2.75, 3.05) is 13.6 Å². The number of hydrogen-bond donors (Lipinski definition) is 2. The topological polar surface area (TPSA) is 67.1 Å². The summed E-state index contributed by atoms with van der Waals surface area (Å²) in [6, 6.07) is 10.8. The maximum Gasteiger partial charge on any atom is 0.191 e. The molecule has 1 aliphatic rings. The fourth-order valence-electron chi connectivity index (χ4n) is 3.08. The molecule has 6 nitrogen and oxygen atoms in total. The first kappa shape index (κ1) is 15.5. The number of aliphatic imine (C=N–C) groups is 1. The zero-order chi connectivity index (χ0) is 16.1. The van der Waals surface area contributed by atoms with Gasteiger partial charge in [0.05, 0.1) is 6.54 Å². The summed E-state index contributed by atoms with van der Waals surface area (Å²) in [5, 5.41) is 10.8. The summed E-state index contributed by atoms with van der Waals surface area (Å²) in [5.41, 5.74) is 1.66. The van der Waals surface area contributed by atoms with Gasteiger partial charge in [-0.15, -0.1) is 0 Å². The van der Waals surface area contributed by atoms with Gasteiger partial charge < -0.3 is 10.6 Å². The van der Waals surface area contributed by atoms with E-state index in [2.05, 4.69) is 56.0 Å². The van der Waals surface area contributed by atoms with Gasteiger partial charge in [0.1, 0.15) is 12.2 Å². The summed E-state index contributed by atoms with van der Waals surface area (Å²) < 4.78 is 1.76. The lowest BCUT2D eigenvalue weighted by Crippen LogP contribution is -2.48. The summed E-state index contributed by atoms with van der Waals surface area (Å²) in [7, 11) is 3.68. The molecule has 0 radical (unpaired) electrons. The monoisotopic (exact) mass is 312 g/mol. The predicted octanol–water partition coefficient (Wildman–Crippen LogP) is 1.60. The Kier molecular flexibility index (Phi) is 4.60. The number of hydrogen-bond acceptors (Lipinski definition) is 3. The lowest BCUT2D eigenvalue weighted by atomic mass is 9.64. The zero-order valence-electron chi connectivity index (χ0n) is 13.8. The molecule has 2 N–H and O–H groups in total. The minimum atomic E-state index is 0.240. The molecule has 0 amide bonds. The van der Waals surface area contributed by atoms with Crippen LogP contribution in [0, 0.1) is 0 Å².